The second-order valence-electron chi connectivity index (χ2n) is 4.20. The normalized spacial score (nSPS) is 13.6. The van der Waals surface area contributed by atoms with Crippen molar-refractivity contribution in [1.29, 1.82) is 0 Å². The van der Waals surface area contributed by atoms with Gasteiger partial charge in [0.1, 0.15) is 22.2 Å². The minimum absolute atomic E-state index is 0.103. The van der Waals surface area contributed by atoms with Crippen LogP contribution in [0.2, 0.25) is 0 Å². The van der Waals surface area contributed by atoms with Crippen LogP contribution < -0.4 is 10.5 Å². The second kappa shape index (κ2) is 5.20. The number of aryl methyl sites for hydroxylation is 1. The van der Waals surface area contributed by atoms with E-state index in [2.05, 4.69) is 4.72 Å². The first-order valence-corrected chi connectivity index (χ1v) is 7.27. The van der Waals surface area contributed by atoms with Crippen LogP contribution in [0, 0.1) is 6.92 Å². The zero-order valence-corrected chi connectivity index (χ0v) is 11.5. The first kappa shape index (κ1) is 13.9. The molecule has 0 aliphatic heterocycles. The van der Waals surface area contributed by atoms with Gasteiger partial charge in [0.15, 0.2) is 0 Å². The molecule has 0 bridgehead atoms. The third kappa shape index (κ3) is 2.89. The lowest BCUT2D eigenvalue weighted by molar-refractivity contribution is 0.457. The number of furan rings is 2. The summed E-state index contributed by atoms with van der Waals surface area (Å²) in [5.41, 5.74) is 5.43. The first-order chi connectivity index (χ1) is 8.94. The fourth-order valence-electron chi connectivity index (χ4n) is 1.78. The third-order valence-corrected chi connectivity index (χ3v) is 4.36. The topological polar surface area (TPSA) is 98.5 Å². The van der Waals surface area contributed by atoms with E-state index in [0.29, 0.717) is 17.3 Å². The number of hydrogen-bond acceptors (Lipinski definition) is 5. The van der Waals surface area contributed by atoms with Crippen molar-refractivity contribution in [2.24, 2.45) is 5.73 Å². The Morgan fingerprint density at radius 3 is 2.74 bits per heavy atom. The molecule has 0 radical (unpaired) electrons. The Labute approximate surface area is 111 Å². The lowest BCUT2D eigenvalue weighted by Gasteiger charge is -2.11. The molecule has 0 aromatic carbocycles. The summed E-state index contributed by atoms with van der Waals surface area (Å²) in [6, 6.07) is 4.39. The molecule has 0 aliphatic carbocycles. The van der Waals surface area contributed by atoms with Gasteiger partial charge in [0.05, 0.1) is 18.8 Å². The van der Waals surface area contributed by atoms with Gasteiger partial charge >= 0.3 is 0 Å². The van der Waals surface area contributed by atoms with E-state index in [-0.39, 0.29) is 11.4 Å². The van der Waals surface area contributed by atoms with E-state index in [1.807, 2.05) is 0 Å². The molecule has 0 saturated heterocycles. The molecule has 7 heteroatoms. The molecule has 2 aromatic rings. The van der Waals surface area contributed by atoms with Crippen molar-refractivity contribution in [3.63, 3.8) is 0 Å². The van der Waals surface area contributed by atoms with Crippen LogP contribution in [0.4, 0.5) is 0 Å². The highest BCUT2D eigenvalue weighted by Gasteiger charge is 2.24. The fourth-order valence-corrected chi connectivity index (χ4v) is 3.20. The van der Waals surface area contributed by atoms with Gasteiger partial charge in [-0.1, -0.05) is 0 Å². The highest BCUT2D eigenvalue weighted by molar-refractivity contribution is 7.89. The third-order valence-electron chi connectivity index (χ3n) is 2.72. The van der Waals surface area contributed by atoms with Crippen molar-refractivity contribution in [1.82, 2.24) is 4.72 Å². The molecule has 0 saturated carbocycles. The van der Waals surface area contributed by atoms with Crippen molar-refractivity contribution in [3.8, 4) is 0 Å². The van der Waals surface area contributed by atoms with Gasteiger partial charge in [-0.05, 0) is 26.0 Å². The van der Waals surface area contributed by atoms with Crippen molar-refractivity contribution in [3.05, 3.63) is 41.7 Å². The van der Waals surface area contributed by atoms with Crippen LogP contribution in [-0.2, 0) is 16.6 Å². The van der Waals surface area contributed by atoms with Crippen molar-refractivity contribution in [2.45, 2.75) is 31.3 Å². The zero-order valence-electron chi connectivity index (χ0n) is 10.7. The number of nitrogens with two attached hydrogens (primary N) is 1. The minimum Gasteiger partial charge on any atom is -0.468 e. The van der Waals surface area contributed by atoms with Gasteiger partial charge < -0.3 is 14.6 Å². The smallest absolute Gasteiger partial charge is 0.244 e. The maximum atomic E-state index is 12.2. The molecule has 1 unspecified atom stereocenters. The minimum atomic E-state index is -3.66. The summed E-state index contributed by atoms with van der Waals surface area (Å²) in [5, 5.41) is 0. The van der Waals surface area contributed by atoms with Gasteiger partial charge in [-0.15, -0.1) is 0 Å². The molecule has 19 heavy (non-hydrogen) atoms. The van der Waals surface area contributed by atoms with E-state index in [1.165, 1.54) is 12.3 Å². The molecule has 2 rings (SSSR count). The predicted octanol–water partition coefficient (Wildman–Crippen LogP) is 1.68. The molecule has 2 heterocycles. The highest BCUT2D eigenvalue weighted by atomic mass is 32.2. The van der Waals surface area contributed by atoms with Gasteiger partial charge in [-0.25, -0.2) is 13.1 Å². The Balaban J connectivity index is 2.25. The van der Waals surface area contributed by atoms with Crippen molar-refractivity contribution < 1.29 is 17.3 Å². The molecular formula is C12H16N2O4S. The van der Waals surface area contributed by atoms with E-state index in [1.54, 1.807) is 26.0 Å². The Bertz CT molecular complexity index is 643. The van der Waals surface area contributed by atoms with Crippen LogP contribution in [0.15, 0.2) is 38.2 Å². The molecule has 6 nitrogen and oxygen atoms in total. The van der Waals surface area contributed by atoms with Crippen molar-refractivity contribution >= 4 is 10.0 Å². The maximum Gasteiger partial charge on any atom is 0.244 e. The molecular weight excluding hydrogens is 268 g/mol. The molecule has 0 amide bonds. The standard InChI is InChI=1S/C12H16N2O4S/c1-8(11-4-3-5-17-11)14-19(15,16)12-6-10(7-13)18-9(12)2/h3-6,8,14H,7,13H2,1-2H3. The first-order valence-electron chi connectivity index (χ1n) is 5.79. The van der Waals surface area contributed by atoms with Gasteiger partial charge in [-0.2, -0.15) is 0 Å². The number of hydrogen-bond donors (Lipinski definition) is 2. The maximum absolute atomic E-state index is 12.2. The quantitative estimate of drug-likeness (QED) is 0.870. The Kier molecular flexibility index (Phi) is 3.79. The molecule has 1 atom stereocenters. The average Bonchev–Trinajstić information content (AvgIpc) is 2.96. The van der Waals surface area contributed by atoms with Crippen LogP contribution >= 0.6 is 0 Å². The molecule has 3 N–H and O–H groups in total. The van der Waals surface area contributed by atoms with Crippen LogP contribution in [-0.4, -0.2) is 8.42 Å². The van der Waals surface area contributed by atoms with Crippen LogP contribution in [0.1, 0.15) is 30.2 Å². The summed E-state index contributed by atoms with van der Waals surface area (Å²) in [6.07, 6.45) is 1.50. The summed E-state index contributed by atoms with van der Waals surface area (Å²) in [5.74, 6) is 1.30. The monoisotopic (exact) mass is 284 g/mol. The van der Waals surface area contributed by atoms with Crippen LogP contribution in [0.5, 0.6) is 0 Å². The number of sulfonamides is 1. The van der Waals surface area contributed by atoms with E-state index in [0.717, 1.165) is 0 Å². The zero-order chi connectivity index (χ0) is 14.0. The van der Waals surface area contributed by atoms with E-state index >= 15 is 0 Å². The van der Waals surface area contributed by atoms with Gasteiger partial charge in [-0.3, -0.25) is 0 Å². The highest BCUT2D eigenvalue weighted by Crippen LogP contribution is 2.22. The predicted molar refractivity (Wildman–Crippen MR) is 68.8 cm³/mol. The lowest BCUT2D eigenvalue weighted by Crippen LogP contribution is -2.26. The van der Waals surface area contributed by atoms with Gasteiger partial charge in [0, 0.05) is 6.07 Å². The van der Waals surface area contributed by atoms with Gasteiger partial charge in [0.25, 0.3) is 0 Å². The number of rotatable bonds is 5. The summed E-state index contributed by atoms with van der Waals surface area (Å²) in [6.45, 7) is 3.45. The molecule has 0 aliphatic rings. The van der Waals surface area contributed by atoms with Crippen LogP contribution in [0.25, 0.3) is 0 Å². The summed E-state index contributed by atoms with van der Waals surface area (Å²) in [7, 11) is -3.66. The van der Waals surface area contributed by atoms with Crippen molar-refractivity contribution in [2.75, 3.05) is 0 Å². The SMILES string of the molecule is Cc1oc(CN)cc1S(=O)(=O)NC(C)c1ccco1. The molecule has 0 spiro atoms. The lowest BCUT2D eigenvalue weighted by atomic mass is 10.3. The molecule has 2 aromatic heterocycles. The average molecular weight is 284 g/mol. The Morgan fingerprint density at radius 2 is 2.21 bits per heavy atom. The largest absolute Gasteiger partial charge is 0.468 e. The van der Waals surface area contributed by atoms with E-state index in [4.69, 9.17) is 14.6 Å². The molecule has 104 valence electrons. The summed E-state index contributed by atoms with van der Waals surface area (Å²) in [4.78, 5) is 0.103. The number of nitrogens with one attached hydrogen (secondary N) is 1. The Hall–Kier alpha value is -1.57. The van der Waals surface area contributed by atoms with E-state index < -0.39 is 16.1 Å². The summed E-state index contributed by atoms with van der Waals surface area (Å²) < 4.78 is 37.4. The Morgan fingerprint density at radius 1 is 1.47 bits per heavy atom. The second-order valence-corrected chi connectivity index (χ2v) is 5.88. The van der Waals surface area contributed by atoms with Gasteiger partial charge in [0.2, 0.25) is 10.0 Å². The van der Waals surface area contributed by atoms with Crippen LogP contribution in [0.3, 0.4) is 0 Å². The fraction of sp³-hybridized carbons (Fsp3) is 0.333. The van der Waals surface area contributed by atoms with E-state index in [9.17, 15) is 8.42 Å². The molecule has 0 fully saturated rings. The summed E-state index contributed by atoms with van der Waals surface area (Å²) >= 11 is 0.